The summed E-state index contributed by atoms with van der Waals surface area (Å²) in [5, 5.41) is 14.6. The van der Waals surface area contributed by atoms with Crippen molar-refractivity contribution in [1.29, 1.82) is 0 Å². The summed E-state index contributed by atoms with van der Waals surface area (Å²) < 4.78 is 43.8. The minimum Gasteiger partial charge on any atom is -0.385 e. The summed E-state index contributed by atoms with van der Waals surface area (Å²) in [5.74, 6) is 0.747. The molecule has 2 aromatic rings. The molecule has 0 bridgehead atoms. The Morgan fingerprint density at radius 3 is 2.54 bits per heavy atom. The van der Waals surface area contributed by atoms with Gasteiger partial charge in [-0.1, -0.05) is 17.3 Å². The molecule has 1 N–H and O–H groups in total. The van der Waals surface area contributed by atoms with E-state index in [0.29, 0.717) is 38.0 Å². The summed E-state index contributed by atoms with van der Waals surface area (Å²) >= 11 is 0. The lowest BCUT2D eigenvalue weighted by atomic mass is 9.83. The minimum atomic E-state index is -4.41. The van der Waals surface area contributed by atoms with E-state index >= 15 is 0 Å². The van der Waals surface area contributed by atoms with Crippen LogP contribution in [0.25, 0.3) is 0 Å². The molecule has 0 aliphatic carbocycles. The predicted molar refractivity (Wildman–Crippen MR) is 81.1 cm³/mol. The molecular formula is C17H19F3N2O2. The van der Waals surface area contributed by atoms with Gasteiger partial charge >= 0.3 is 6.18 Å². The van der Waals surface area contributed by atoms with E-state index in [9.17, 15) is 18.3 Å². The van der Waals surface area contributed by atoms with Crippen molar-refractivity contribution in [2.24, 2.45) is 0 Å². The number of aromatic nitrogens is 1. The molecule has 4 nitrogen and oxygen atoms in total. The third kappa shape index (κ3) is 3.62. The van der Waals surface area contributed by atoms with Gasteiger partial charge in [0.15, 0.2) is 5.76 Å². The van der Waals surface area contributed by atoms with Crippen molar-refractivity contribution < 1.29 is 22.8 Å². The SMILES string of the molecule is Cc1cc(CN2CCC(O)(c3cccc(C(F)(F)F)c3)CC2)on1. The zero-order valence-corrected chi connectivity index (χ0v) is 13.3. The van der Waals surface area contributed by atoms with Crippen molar-refractivity contribution in [1.82, 2.24) is 10.1 Å². The van der Waals surface area contributed by atoms with Gasteiger partial charge in [-0.25, -0.2) is 0 Å². The Morgan fingerprint density at radius 1 is 1.25 bits per heavy atom. The average Bonchev–Trinajstić information content (AvgIpc) is 2.94. The third-order valence-corrected chi connectivity index (χ3v) is 4.47. The molecule has 0 unspecified atom stereocenters. The zero-order chi connectivity index (χ0) is 17.4. The summed E-state index contributed by atoms with van der Waals surface area (Å²) in [5.41, 5.74) is -0.822. The maximum Gasteiger partial charge on any atom is 0.416 e. The first kappa shape index (κ1) is 17.0. The maximum absolute atomic E-state index is 12.9. The van der Waals surface area contributed by atoms with E-state index in [1.54, 1.807) is 6.07 Å². The fraction of sp³-hybridized carbons (Fsp3) is 0.471. The molecular weight excluding hydrogens is 321 g/mol. The van der Waals surface area contributed by atoms with Crippen LogP contribution in [0.15, 0.2) is 34.9 Å². The molecule has 0 spiro atoms. The molecule has 0 saturated carbocycles. The number of halogens is 3. The highest BCUT2D eigenvalue weighted by Crippen LogP contribution is 2.37. The van der Waals surface area contributed by atoms with Crippen LogP contribution in [0.1, 0.15) is 35.4 Å². The Labute approximate surface area is 137 Å². The number of aryl methyl sites for hydroxylation is 1. The van der Waals surface area contributed by atoms with Gasteiger partial charge in [-0.3, -0.25) is 4.90 Å². The Kier molecular flexibility index (Phi) is 4.40. The topological polar surface area (TPSA) is 49.5 Å². The van der Waals surface area contributed by atoms with Crippen molar-refractivity contribution in [2.45, 2.75) is 38.1 Å². The van der Waals surface area contributed by atoms with Gasteiger partial charge < -0.3 is 9.63 Å². The lowest BCUT2D eigenvalue weighted by Crippen LogP contribution is -2.42. The summed E-state index contributed by atoms with van der Waals surface area (Å²) in [6, 6.07) is 6.84. The van der Waals surface area contributed by atoms with Gasteiger partial charge in [0, 0.05) is 19.2 Å². The molecule has 3 rings (SSSR count). The quantitative estimate of drug-likeness (QED) is 0.929. The third-order valence-electron chi connectivity index (χ3n) is 4.47. The molecule has 130 valence electrons. The van der Waals surface area contributed by atoms with Crippen LogP contribution in [-0.2, 0) is 18.3 Å². The second kappa shape index (κ2) is 6.22. The number of piperidine rings is 1. The monoisotopic (exact) mass is 340 g/mol. The summed E-state index contributed by atoms with van der Waals surface area (Å²) in [6.07, 6.45) is -3.65. The predicted octanol–water partition coefficient (Wildman–Crippen LogP) is 3.49. The molecule has 1 aromatic heterocycles. The number of hydrogen-bond donors (Lipinski definition) is 1. The van der Waals surface area contributed by atoms with Crippen LogP contribution < -0.4 is 0 Å². The van der Waals surface area contributed by atoms with Crippen LogP contribution in [0, 0.1) is 6.92 Å². The number of alkyl halides is 3. The molecule has 7 heteroatoms. The molecule has 2 heterocycles. The first-order chi connectivity index (χ1) is 11.3. The van der Waals surface area contributed by atoms with Crippen molar-refractivity contribution >= 4 is 0 Å². The molecule has 1 fully saturated rings. The van der Waals surface area contributed by atoms with Crippen LogP contribution in [0.2, 0.25) is 0 Å². The van der Waals surface area contributed by atoms with Crippen molar-refractivity contribution in [3.05, 3.63) is 52.9 Å². The highest BCUT2D eigenvalue weighted by atomic mass is 19.4. The number of likely N-dealkylation sites (tertiary alicyclic amines) is 1. The first-order valence-electron chi connectivity index (χ1n) is 7.81. The minimum absolute atomic E-state index is 0.326. The number of benzene rings is 1. The van der Waals surface area contributed by atoms with E-state index in [4.69, 9.17) is 4.52 Å². The van der Waals surface area contributed by atoms with E-state index in [1.165, 1.54) is 6.07 Å². The second-order valence-electron chi connectivity index (χ2n) is 6.32. The number of rotatable bonds is 3. The van der Waals surface area contributed by atoms with Gasteiger partial charge in [0.2, 0.25) is 0 Å². The summed E-state index contributed by atoms with van der Waals surface area (Å²) in [7, 11) is 0. The van der Waals surface area contributed by atoms with Gasteiger partial charge in [-0.2, -0.15) is 13.2 Å². The highest BCUT2D eigenvalue weighted by Gasteiger charge is 2.37. The Balaban J connectivity index is 1.68. The Hall–Kier alpha value is -1.86. The normalized spacial score (nSPS) is 18.7. The van der Waals surface area contributed by atoms with Gasteiger partial charge in [0.1, 0.15) is 0 Å². The highest BCUT2D eigenvalue weighted by molar-refractivity contribution is 5.30. The fourth-order valence-electron chi connectivity index (χ4n) is 3.07. The molecule has 0 radical (unpaired) electrons. The van der Waals surface area contributed by atoms with Crippen molar-refractivity contribution in [3.8, 4) is 0 Å². The number of aliphatic hydroxyl groups is 1. The molecule has 1 saturated heterocycles. The van der Waals surface area contributed by atoms with Gasteiger partial charge in [-0.15, -0.1) is 0 Å². The molecule has 0 atom stereocenters. The van der Waals surface area contributed by atoms with Crippen LogP contribution in [0.5, 0.6) is 0 Å². The maximum atomic E-state index is 12.9. The standard InChI is InChI=1S/C17H19F3N2O2/c1-12-9-15(24-21-12)11-22-7-5-16(23,6-8-22)13-3-2-4-14(10-13)17(18,19)20/h2-4,9-10,23H,5-8,11H2,1H3. The average molecular weight is 340 g/mol. The summed E-state index contributed by atoms with van der Waals surface area (Å²) in [4.78, 5) is 2.10. The fourth-order valence-corrected chi connectivity index (χ4v) is 3.07. The molecule has 24 heavy (non-hydrogen) atoms. The second-order valence-corrected chi connectivity index (χ2v) is 6.32. The van der Waals surface area contributed by atoms with Crippen LogP contribution in [0.3, 0.4) is 0 Å². The smallest absolute Gasteiger partial charge is 0.385 e. The zero-order valence-electron chi connectivity index (χ0n) is 13.3. The van der Waals surface area contributed by atoms with E-state index in [-0.39, 0.29) is 0 Å². The van der Waals surface area contributed by atoms with Crippen molar-refractivity contribution in [3.63, 3.8) is 0 Å². The van der Waals surface area contributed by atoms with E-state index in [0.717, 1.165) is 23.6 Å². The number of hydrogen-bond acceptors (Lipinski definition) is 4. The van der Waals surface area contributed by atoms with Crippen LogP contribution >= 0.6 is 0 Å². The van der Waals surface area contributed by atoms with E-state index < -0.39 is 17.3 Å². The van der Waals surface area contributed by atoms with E-state index in [2.05, 4.69) is 10.1 Å². The van der Waals surface area contributed by atoms with E-state index in [1.807, 2.05) is 13.0 Å². The lowest BCUT2D eigenvalue weighted by molar-refractivity contribution is -0.137. The van der Waals surface area contributed by atoms with Crippen LogP contribution in [-0.4, -0.2) is 28.3 Å². The molecule has 1 aliphatic heterocycles. The van der Waals surface area contributed by atoms with Crippen molar-refractivity contribution in [2.75, 3.05) is 13.1 Å². The Morgan fingerprint density at radius 2 is 1.96 bits per heavy atom. The summed E-state index contributed by atoms with van der Waals surface area (Å²) in [6.45, 7) is 3.58. The molecule has 0 amide bonds. The number of nitrogens with zero attached hydrogens (tertiary/aromatic N) is 2. The Bertz CT molecular complexity index is 704. The van der Waals surface area contributed by atoms with Gasteiger partial charge in [0.05, 0.1) is 23.4 Å². The first-order valence-corrected chi connectivity index (χ1v) is 7.81. The molecule has 1 aliphatic rings. The lowest BCUT2D eigenvalue weighted by Gasteiger charge is -2.38. The van der Waals surface area contributed by atoms with Crippen LogP contribution in [0.4, 0.5) is 13.2 Å². The molecule has 1 aromatic carbocycles. The van der Waals surface area contributed by atoms with Gasteiger partial charge in [0.25, 0.3) is 0 Å². The largest absolute Gasteiger partial charge is 0.416 e. The van der Waals surface area contributed by atoms with Gasteiger partial charge in [-0.05, 0) is 37.5 Å².